The first-order valence-electron chi connectivity index (χ1n) is 8.62. The van der Waals surface area contributed by atoms with Crippen molar-refractivity contribution in [1.29, 1.82) is 0 Å². The van der Waals surface area contributed by atoms with Crippen LogP contribution in [0.3, 0.4) is 0 Å². The highest BCUT2D eigenvalue weighted by molar-refractivity contribution is 7.91. The van der Waals surface area contributed by atoms with E-state index in [9.17, 15) is 26.4 Å². The Morgan fingerprint density at radius 3 is 2.32 bits per heavy atom. The van der Waals surface area contributed by atoms with Crippen LogP contribution in [-0.4, -0.2) is 37.7 Å². The van der Waals surface area contributed by atoms with Crippen LogP contribution in [0, 0.1) is 0 Å². The van der Waals surface area contributed by atoms with E-state index < -0.39 is 32.9 Å². The van der Waals surface area contributed by atoms with Crippen molar-refractivity contribution in [3.05, 3.63) is 54.0 Å². The van der Waals surface area contributed by atoms with Gasteiger partial charge in [-0.15, -0.1) is 0 Å². The molecule has 0 spiro atoms. The molecule has 1 aliphatic heterocycles. The summed E-state index contributed by atoms with van der Waals surface area (Å²) in [6.07, 6.45) is -2.43. The number of nitrogens with one attached hydrogen (secondary N) is 1. The summed E-state index contributed by atoms with van der Waals surface area (Å²) in [4.78, 5) is 13.7. The zero-order chi connectivity index (χ0) is 20.4. The van der Waals surface area contributed by atoms with Crippen LogP contribution in [-0.2, 0) is 21.8 Å². The molecular formula is C18H19F3N2O4S. The highest BCUT2D eigenvalue weighted by Gasteiger charge is 2.33. The molecular weight excluding hydrogens is 397 g/mol. The van der Waals surface area contributed by atoms with E-state index in [1.54, 1.807) is 12.1 Å². The third-order valence-electron chi connectivity index (χ3n) is 4.62. The van der Waals surface area contributed by atoms with Gasteiger partial charge < -0.3 is 14.6 Å². The van der Waals surface area contributed by atoms with E-state index in [0.29, 0.717) is 18.6 Å². The van der Waals surface area contributed by atoms with Crippen LogP contribution in [0.1, 0.15) is 24.2 Å². The fourth-order valence-corrected chi connectivity index (χ4v) is 4.80. The molecule has 10 heteroatoms. The molecule has 3 rings (SSSR count). The Hall–Kier alpha value is -2.49. The van der Waals surface area contributed by atoms with Crippen molar-refractivity contribution < 1.29 is 30.8 Å². The van der Waals surface area contributed by atoms with E-state index in [1.165, 1.54) is 23.3 Å². The predicted molar refractivity (Wildman–Crippen MR) is 96.4 cm³/mol. The summed E-state index contributed by atoms with van der Waals surface area (Å²) in [6, 6.07) is 6.90. The molecule has 2 heterocycles. The Balaban J connectivity index is 1.53. The number of amides is 2. The molecule has 2 amide bonds. The lowest BCUT2D eigenvalue weighted by molar-refractivity contribution is -0.137. The first-order chi connectivity index (χ1) is 13.1. The van der Waals surface area contributed by atoms with Gasteiger partial charge >= 0.3 is 12.2 Å². The molecule has 152 valence electrons. The minimum atomic E-state index is -4.44. The van der Waals surface area contributed by atoms with Crippen molar-refractivity contribution in [3.8, 4) is 0 Å². The van der Waals surface area contributed by atoms with Gasteiger partial charge in [0.15, 0.2) is 9.84 Å². The van der Waals surface area contributed by atoms with E-state index in [2.05, 4.69) is 5.32 Å². The second-order valence-electron chi connectivity index (χ2n) is 6.58. The number of anilines is 1. The van der Waals surface area contributed by atoms with Gasteiger partial charge in [-0.3, -0.25) is 0 Å². The molecule has 2 aromatic rings. The maximum atomic E-state index is 12.6. The number of alkyl halides is 3. The summed E-state index contributed by atoms with van der Waals surface area (Å²) < 4.78 is 67.7. The van der Waals surface area contributed by atoms with Crippen LogP contribution < -0.4 is 5.32 Å². The predicted octanol–water partition coefficient (Wildman–Crippen LogP) is 3.91. The zero-order valence-electron chi connectivity index (χ0n) is 14.8. The van der Waals surface area contributed by atoms with Crippen LogP contribution in [0.5, 0.6) is 0 Å². The van der Waals surface area contributed by atoms with Gasteiger partial charge in [-0.2, -0.15) is 13.2 Å². The molecule has 0 aliphatic carbocycles. The number of nitrogens with zero attached hydrogens (tertiary/aromatic N) is 1. The van der Waals surface area contributed by atoms with Gasteiger partial charge in [0.1, 0.15) is 11.5 Å². The first kappa shape index (κ1) is 20.2. The van der Waals surface area contributed by atoms with E-state index in [0.717, 1.165) is 12.1 Å². The van der Waals surface area contributed by atoms with Crippen molar-refractivity contribution in [1.82, 2.24) is 4.90 Å². The van der Waals surface area contributed by atoms with Gasteiger partial charge in [0.05, 0.1) is 17.1 Å². The standard InChI is InChI=1S/C18H19F3N2O4S/c19-18(20,21)13-3-5-14(6-4-13)22-17(24)23-9-7-16(8-10-23)28(25,26)12-15-2-1-11-27-15/h1-6,11,16H,7-10,12H2,(H,22,24). The fraction of sp³-hybridized carbons (Fsp3) is 0.389. The van der Waals surface area contributed by atoms with Gasteiger partial charge in [-0.1, -0.05) is 0 Å². The molecule has 0 saturated carbocycles. The molecule has 0 atom stereocenters. The van der Waals surface area contributed by atoms with Crippen LogP contribution in [0.25, 0.3) is 0 Å². The van der Waals surface area contributed by atoms with Crippen molar-refractivity contribution in [2.75, 3.05) is 18.4 Å². The smallest absolute Gasteiger partial charge is 0.416 e. The van der Waals surface area contributed by atoms with Gasteiger partial charge in [0, 0.05) is 18.8 Å². The number of furan rings is 1. The second-order valence-corrected chi connectivity index (χ2v) is 8.86. The third kappa shape index (κ3) is 4.86. The van der Waals surface area contributed by atoms with Crippen molar-refractivity contribution in [3.63, 3.8) is 0 Å². The van der Waals surface area contributed by atoms with Gasteiger partial charge in [-0.05, 0) is 49.2 Å². The topological polar surface area (TPSA) is 79.6 Å². The lowest BCUT2D eigenvalue weighted by Gasteiger charge is -2.31. The molecule has 6 nitrogen and oxygen atoms in total. The highest BCUT2D eigenvalue weighted by atomic mass is 32.2. The second kappa shape index (κ2) is 7.86. The van der Waals surface area contributed by atoms with Gasteiger partial charge in [0.2, 0.25) is 0 Å². The summed E-state index contributed by atoms with van der Waals surface area (Å²) in [6.45, 7) is 0.489. The van der Waals surface area contributed by atoms with Crippen LogP contribution in [0.4, 0.5) is 23.7 Å². The maximum Gasteiger partial charge on any atom is 0.416 e. The van der Waals surface area contributed by atoms with E-state index >= 15 is 0 Å². The van der Waals surface area contributed by atoms with Gasteiger partial charge in [-0.25, -0.2) is 13.2 Å². The average Bonchev–Trinajstić information content (AvgIpc) is 3.14. The zero-order valence-corrected chi connectivity index (χ0v) is 15.6. The summed E-state index contributed by atoms with van der Waals surface area (Å²) in [5.74, 6) is 0.199. The molecule has 28 heavy (non-hydrogen) atoms. The summed E-state index contributed by atoms with van der Waals surface area (Å²) in [5.41, 5.74) is -0.557. The minimum Gasteiger partial charge on any atom is -0.468 e. The Morgan fingerprint density at radius 2 is 1.79 bits per heavy atom. The lowest BCUT2D eigenvalue weighted by Crippen LogP contribution is -2.44. The maximum absolute atomic E-state index is 12.6. The number of hydrogen-bond acceptors (Lipinski definition) is 4. The molecule has 0 bridgehead atoms. The number of halogens is 3. The Morgan fingerprint density at radius 1 is 1.14 bits per heavy atom. The van der Waals surface area contributed by atoms with Gasteiger partial charge in [0.25, 0.3) is 0 Å². The number of hydrogen-bond donors (Lipinski definition) is 1. The minimum absolute atomic E-state index is 0.178. The van der Waals surface area contributed by atoms with Crippen molar-refractivity contribution >= 4 is 21.6 Å². The Kier molecular flexibility index (Phi) is 5.69. The number of urea groups is 1. The first-order valence-corrected chi connectivity index (χ1v) is 10.3. The van der Waals surface area contributed by atoms with Crippen LogP contribution in [0.15, 0.2) is 47.1 Å². The fourth-order valence-electron chi connectivity index (χ4n) is 3.07. The van der Waals surface area contributed by atoms with E-state index in [1.807, 2.05) is 0 Å². The average molecular weight is 416 g/mol. The Bertz CT molecular complexity index is 901. The third-order valence-corrected chi connectivity index (χ3v) is 6.80. The SMILES string of the molecule is O=C(Nc1ccc(C(F)(F)F)cc1)N1CCC(S(=O)(=O)Cc2ccco2)CC1. The van der Waals surface area contributed by atoms with E-state index in [-0.39, 0.29) is 24.5 Å². The quantitative estimate of drug-likeness (QED) is 0.820. The number of carbonyl (C=O) groups is 1. The highest BCUT2D eigenvalue weighted by Crippen LogP contribution is 2.30. The summed E-state index contributed by atoms with van der Waals surface area (Å²) >= 11 is 0. The molecule has 1 saturated heterocycles. The number of likely N-dealkylation sites (tertiary alicyclic amines) is 1. The number of piperidine rings is 1. The normalized spacial score (nSPS) is 16.2. The van der Waals surface area contributed by atoms with Crippen molar-refractivity contribution in [2.45, 2.75) is 30.0 Å². The molecule has 0 radical (unpaired) electrons. The van der Waals surface area contributed by atoms with Crippen molar-refractivity contribution in [2.24, 2.45) is 0 Å². The molecule has 0 unspecified atom stereocenters. The van der Waals surface area contributed by atoms with E-state index in [4.69, 9.17) is 4.42 Å². The number of carbonyl (C=O) groups excluding carboxylic acids is 1. The molecule has 1 aliphatic rings. The molecule has 1 aromatic heterocycles. The lowest BCUT2D eigenvalue weighted by atomic mass is 10.1. The summed E-state index contributed by atoms with van der Waals surface area (Å²) in [7, 11) is -3.39. The van der Waals surface area contributed by atoms with Crippen LogP contribution >= 0.6 is 0 Å². The molecule has 1 aromatic carbocycles. The largest absolute Gasteiger partial charge is 0.468 e. The number of benzene rings is 1. The summed E-state index contributed by atoms with van der Waals surface area (Å²) in [5, 5.41) is 1.97. The molecule has 1 fully saturated rings. The number of sulfone groups is 1. The van der Waals surface area contributed by atoms with Crippen LogP contribution in [0.2, 0.25) is 0 Å². The monoisotopic (exact) mass is 416 g/mol. The number of rotatable bonds is 4. The molecule has 1 N–H and O–H groups in total. The Labute approximate surface area is 160 Å².